The van der Waals surface area contributed by atoms with Crippen LogP contribution in [0, 0.1) is 6.92 Å². The lowest BCUT2D eigenvalue weighted by Crippen LogP contribution is -2.11. The van der Waals surface area contributed by atoms with E-state index in [4.69, 9.17) is 4.98 Å². The summed E-state index contributed by atoms with van der Waals surface area (Å²) in [4.78, 5) is 9.72. The van der Waals surface area contributed by atoms with E-state index < -0.39 is 9.84 Å². The van der Waals surface area contributed by atoms with Gasteiger partial charge in [-0.25, -0.2) is 18.4 Å². The minimum absolute atomic E-state index is 0.187. The van der Waals surface area contributed by atoms with E-state index in [1.807, 2.05) is 55.5 Å². The number of aromatic nitrogens is 2. The van der Waals surface area contributed by atoms with Gasteiger partial charge in [0.2, 0.25) is 0 Å². The summed E-state index contributed by atoms with van der Waals surface area (Å²) in [5.41, 5.74) is 4.90. The maximum Gasteiger partial charge on any atom is 0.184 e. The van der Waals surface area contributed by atoms with Crippen LogP contribution in [-0.2, 0) is 22.0 Å². The molecule has 3 aromatic carbocycles. The fourth-order valence-electron chi connectivity index (χ4n) is 3.22. The second-order valence-corrected chi connectivity index (χ2v) is 9.83. The zero-order valence-electron chi connectivity index (χ0n) is 15.8. The molecule has 0 aliphatic heterocycles. The molecule has 0 saturated heterocycles. The average molecular weight is 467 g/mol. The monoisotopic (exact) mass is 466 g/mol. The molecule has 146 valence electrons. The summed E-state index contributed by atoms with van der Waals surface area (Å²) in [5, 5.41) is 0. The fourth-order valence-corrected chi connectivity index (χ4v) is 4.80. The molecule has 1 aromatic heterocycles. The Morgan fingerprint density at radius 3 is 2.03 bits per heavy atom. The predicted molar refractivity (Wildman–Crippen MR) is 119 cm³/mol. The van der Waals surface area contributed by atoms with E-state index in [1.165, 1.54) is 0 Å². The van der Waals surface area contributed by atoms with Crippen molar-refractivity contribution < 1.29 is 8.42 Å². The lowest BCUT2D eigenvalue weighted by molar-refractivity contribution is 0.594. The predicted octanol–water partition coefficient (Wildman–Crippen LogP) is 5.27. The van der Waals surface area contributed by atoms with Crippen molar-refractivity contribution in [3.05, 3.63) is 99.8 Å². The topological polar surface area (TPSA) is 59.9 Å². The van der Waals surface area contributed by atoms with Gasteiger partial charge in [0.1, 0.15) is 0 Å². The number of para-hydroxylation sites is 2. The molecule has 29 heavy (non-hydrogen) atoms. The SMILES string of the molecule is Cc1ccccc1Cc1nc2ccccc2nc1CS(=O)(=O)c1ccc(Br)cc1. The minimum atomic E-state index is -3.55. The van der Waals surface area contributed by atoms with Crippen LogP contribution < -0.4 is 0 Å². The molecule has 0 saturated carbocycles. The normalized spacial score (nSPS) is 11.7. The Labute approximate surface area is 178 Å². The average Bonchev–Trinajstić information content (AvgIpc) is 2.70. The molecule has 0 fully saturated rings. The van der Waals surface area contributed by atoms with Crippen LogP contribution in [0.4, 0.5) is 0 Å². The van der Waals surface area contributed by atoms with Crippen LogP contribution >= 0.6 is 15.9 Å². The Hall–Kier alpha value is -2.57. The van der Waals surface area contributed by atoms with Crippen LogP contribution in [0.3, 0.4) is 0 Å². The molecule has 4 nitrogen and oxygen atoms in total. The van der Waals surface area contributed by atoms with Gasteiger partial charge in [0.15, 0.2) is 9.84 Å². The summed E-state index contributed by atoms with van der Waals surface area (Å²) in [5.74, 6) is -0.187. The van der Waals surface area contributed by atoms with Gasteiger partial charge < -0.3 is 0 Å². The van der Waals surface area contributed by atoms with Crippen molar-refractivity contribution in [1.82, 2.24) is 9.97 Å². The van der Waals surface area contributed by atoms with Gasteiger partial charge in [0.05, 0.1) is 33.1 Å². The molecule has 0 N–H and O–H groups in total. The molecular formula is C23H19BrN2O2S. The Balaban J connectivity index is 1.79. The standard InChI is InChI=1S/C23H19BrN2O2S/c1-16-6-2-3-7-17(16)14-22-23(26-21-9-5-4-8-20(21)25-22)15-29(27,28)19-12-10-18(24)11-13-19/h2-13H,14-15H2,1H3. The van der Waals surface area contributed by atoms with Crippen molar-refractivity contribution in [2.24, 2.45) is 0 Å². The number of benzene rings is 3. The van der Waals surface area contributed by atoms with Crippen LogP contribution in [-0.4, -0.2) is 18.4 Å². The minimum Gasteiger partial charge on any atom is -0.249 e. The molecule has 0 atom stereocenters. The first-order valence-electron chi connectivity index (χ1n) is 9.20. The van der Waals surface area contributed by atoms with Crippen molar-refractivity contribution in [3.63, 3.8) is 0 Å². The van der Waals surface area contributed by atoms with Crippen molar-refractivity contribution in [2.75, 3.05) is 0 Å². The molecule has 4 aromatic rings. The summed E-state index contributed by atoms with van der Waals surface area (Å²) in [6.45, 7) is 2.04. The van der Waals surface area contributed by atoms with Crippen molar-refractivity contribution in [1.29, 1.82) is 0 Å². The smallest absolute Gasteiger partial charge is 0.184 e. The number of fused-ring (bicyclic) bond motifs is 1. The highest BCUT2D eigenvalue weighted by Gasteiger charge is 2.20. The number of halogens is 1. The van der Waals surface area contributed by atoms with Gasteiger partial charge in [-0.3, -0.25) is 0 Å². The third-order valence-corrected chi connectivity index (χ3v) is 7.02. The van der Waals surface area contributed by atoms with E-state index in [0.717, 1.165) is 21.1 Å². The fraction of sp³-hybridized carbons (Fsp3) is 0.130. The number of rotatable bonds is 5. The quantitative estimate of drug-likeness (QED) is 0.402. The van der Waals surface area contributed by atoms with E-state index in [-0.39, 0.29) is 10.6 Å². The highest BCUT2D eigenvalue weighted by Crippen LogP contribution is 2.23. The molecule has 0 spiro atoms. The van der Waals surface area contributed by atoms with Crippen LogP contribution in [0.25, 0.3) is 11.0 Å². The third-order valence-electron chi connectivity index (χ3n) is 4.84. The van der Waals surface area contributed by atoms with Crippen molar-refractivity contribution in [2.45, 2.75) is 24.0 Å². The zero-order valence-corrected chi connectivity index (χ0v) is 18.2. The van der Waals surface area contributed by atoms with Gasteiger partial charge in [0, 0.05) is 10.9 Å². The first-order chi connectivity index (χ1) is 13.9. The zero-order chi connectivity index (χ0) is 20.4. The van der Waals surface area contributed by atoms with Gasteiger partial charge >= 0.3 is 0 Å². The summed E-state index contributed by atoms with van der Waals surface area (Å²) < 4.78 is 26.9. The third kappa shape index (κ3) is 4.38. The highest BCUT2D eigenvalue weighted by molar-refractivity contribution is 9.10. The molecule has 0 aliphatic rings. The van der Waals surface area contributed by atoms with Gasteiger partial charge in [0.25, 0.3) is 0 Å². The summed E-state index contributed by atoms with van der Waals surface area (Å²) in [6, 6.07) is 22.3. The van der Waals surface area contributed by atoms with Gasteiger partial charge in [-0.1, -0.05) is 52.3 Å². The highest BCUT2D eigenvalue weighted by atomic mass is 79.9. The summed E-state index contributed by atoms with van der Waals surface area (Å²) in [6.07, 6.45) is 0.537. The molecule has 0 bridgehead atoms. The molecular weight excluding hydrogens is 448 g/mol. The first-order valence-corrected chi connectivity index (χ1v) is 11.6. The van der Waals surface area contributed by atoms with Crippen LogP contribution in [0.5, 0.6) is 0 Å². The number of nitrogens with zero attached hydrogens (tertiary/aromatic N) is 2. The maximum absolute atomic E-state index is 13.0. The Morgan fingerprint density at radius 2 is 1.38 bits per heavy atom. The molecule has 1 heterocycles. The van der Waals surface area contributed by atoms with Crippen molar-refractivity contribution >= 4 is 36.8 Å². The van der Waals surface area contributed by atoms with E-state index in [2.05, 4.69) is 20.9 Å². The number of aryl methyl sites for hydroxylation is 1. The molecule has 0 aliphatic carbocycles. The molecule has 4 rings (SSSR count). The lowest BCUT2D eigenvalue weighted by Gasteiger charge is -2.12. The van der Waals surface area contributed by atoms with E-state index in [9.17, 15) is 8.42 Å². The van der Waals surface area contributed by atoms with E-state index in [0.29, 0.717) is 23.3 Å². The van der Waals surface area contributed by atoms with Crippen LogP contribution in [0.15, 0.2) is 82.2 Å². The van der Waals surface area contributed by atoms with Crippen LogP contribution in [0.1, 0.15) is 22.5 Å². The van der Waals surface area contributed by atoms with Gasteiger partial charge in [-0.2, -0.15) is 0 Å². The Bertz CT molecular complexity index is 1290. The second-order valence-electron chi connectivity index (χ2n) is 6.92. The molecule has 6 heteroatoms. The van der Waals surface area contributed by atoms with Crippen molar-refractivity contribution in [3.8, 4) is 0 Å². The Morgan fingerprint density at radius 1 is 0.793 bits per heavy atom. The first kappa shape index (κ1) is 19.7. The molecule has 0 amide bonds. The van der Waals surface area contributed by atoms with Crippen LogP contribution in [0.2, 0.25) is 0 Å². The van der Waals surface area contributed by atoms with Gasteiger partial charge in [-0.15, -0.1) is 0 Å². The molecule has 0 radical (unpaired) electrons. The number of hydrogen-bond donors (Lipinski definition) is 0. The van der Waals surface area contributed by atoms with Gasteiger partial charge in [-0.05, 0) is 54.4 Å². The maximum atomic E-state index is 13.0. The molecule has 0 unspecified atom stereocenters. The number of sulfone groups is 1. The Kier molecular flexibility index (Phi) is 5.48. The number of hydrogen-bond acceptors (Lipinski definition) is 4. The summed E-state index contributed by atoms with van der Waals surface area (Å²) in [7, 11) is -3.55. The second kappa shape index (κ2) is 8.05. The lowest BCUT2D eigenvalue weighted by atomic mass is 10.0. The van der Waals surface area contributed by atoms with E-state index >= 15 is 0 Å². The largest absolute Gasteiger partial charge is 0.249 e. The summed E-state index contributed by atoms with van der Waals surface area (Å²) >= 11 is 3.34. The van der Waals surface area contributed by atoms with E-state index in [1.54, 1.807) is 24.3 Å².